The smallest absolute Gasteiger partial charge is 0.0455 e. The fourth-order valence-corrected chi connectivity index (χ4v) is 2.35. The normalized spacial score (nSPS) is 17.7. The summed E-state index contributed by atoms with van der Waals surface area (Å²) >= 11 is 6.09. The van der Waals surface area contributed by atoms with E-state index in [1.54, 1.807) is 0 Å². The van der Waals surface area contributed by atoms with Gasteiger partial charge in [0, 0.05) is 16.8 Å². The van der Waals surface area contributed by atoms with Crippen molar-refractivity contribution in [2.24, 2.45) is 0 Å². The third-order valence-electron chi connectivity index (χ3n) is 3.15. The zero-order valence-electron chi connectivity index (χ0n) is 9.22. The van der Waals surface area contributed by atoms with Crippen LogP contribution in [0.3, 0.4) is 0 Å². The molecule has 15 heavy (non-hydrogen) atoms. The zero-order valence-corrected chi connectivity index (χ0v) is 9.98. The molecular weight excluding hydrogens is 206 g/mol. The molecule has 0 heterocycles. The Kier molecular flexibility index (Phi) is 3.53. The predicted octanol–water partition coefficient (Wildman–Crippen LogP) is 4.39. The Labute approximate surface area is 96.8 Å². The molecule has 0 unspecified atom stereocenters. The third kappa shape index (κ3) is 2.88. The standard InChI is InChI=1S/C13H18ClN/c1-10-7-8-12(9-13(10)14)15-11-5-3-2-4-6-11/h7-9,11,15H,2-6H2,1H3. The van der Waals surface area contributed by atoms with Gasteiger partial charge in [-0.05, 0) is 37.5 Å². The summed E-state index contributed by atoms with van der Waals surface area (Å²) in [5, 5.41) is 4.42. The fourth-order valence-electron chi connectivity index (χ4n) is 2.17. The van der Waals surface area contributed by atoms with E-state index in [0.29, 0.717) is 6.04 Å². The van der Waals surface area contributed by atoms with Crippen LogP contribution in [0.1, 0.15) is 37.7 Å². The van der Waals surface area contributed by atoms with Crippen molar-refractivity contribution in [1.29, 1.82) is 0 Å². The minimum absolute atomic E-state index is 0.650. The molecule has 0 amide bonds. The second-order valence-electron chi connectivity index (χ2n) is 4.44. The van der Waals surface area contributed by atoms with Crippen LogP contribution in [-0.2, 0) is 0 Å². The molecule has 0 spiro atoms. The summed E-state index contributed by atoms with van der Waals surface area (Å²) in [6.45, 7) is 2.03. The van der Waals surface area contributed by atoms with Crippen LogP contribution in [-0.4, -0.2) is 6.04 Å². The van der Waals surface area contributed by atoms with E-state index < -0.39 is 0 Å². The lowest BCUT2D eigenvalue weighted by molar-refractivity contribution is 0.463. The van der Waals surface area contributed by atoms with Gasteiger partial charge in [-0.1, -0.05) is 36.9 Å². The Hall–Kier alpha value is -0.690. The molecule has 0 radical (unpaired) electrons. The molecule has 1 nitrogen and oxygen atoms in total. The molecule has 2 rings (SSSR count). The van der Waals surface area contributed by atoms with E-state index in [0.717, 1.165) is 16.3 Å². The maximum Gasteiger partial charge on any atom is 0.0455 e. The molecular formula is C13H18ClN. The molecule has 0 atom stereocenters. The van der Waals surface area contributed by atoms with Gasteiger partial charge in [0.1, 0.15) is 0 Å². The van der Waals surface area contributed by atoms with Gasteiger partial charge in [0.05, 0.1) is 0 Å². The Balaban J connectivity index is 2.00. The first-order chi connectivity index (χ1) is 7.25. The van der Waals surface area contributed by atoms with Crippen molar-refractivity contribution in [3.63, 3.8) is 0 Å². The molecule has 1 fully saturated rings. The van der Waals surface area contributed by atoms with Gasteiger partial charge >= 0.3 is 0 Å². The second-order valence-corrected chi connectivity index (χ2v) is 4.85. The summed E-state index contributed by atoms with van der Waals surface area (Å²) in [5.41, 5.74) is 2.31. The van der Waals surface area contributed by atoms with Gasteiger partial charge in [-0.2, -0.15) is 0 Å². The number of halogens is 1. The lowest BCUT2D eigenvalue weighted by Gasteiger charge is -2.24. The maximum absolute atomic E-state index is 6.09. The van der Waals surface area contributed by atoms with Crippen LogP contribution in [0.2, 0.25) is 5.02 Å². The average Bonchev–Trinajstić information content (AvgIpc) is 2.25. The first kappa shape index (κ1) is 10.8. The number of hydrogen-bond acceptors (Lipinski definition) is 1. The maximum atomic E-state index is 6.09. The van der Waals surface area contributed by atoms with Gasteiger partial charge in [0.25, 0.3) is 0 Å². The van der Waals surface area contributed by atoms with Gasteiger partial charge in [0.15, 0.2) is 0 Å². The topological polar surface area (TPSA) is 12.0 Å². The van der Waals surface area contributed by atoms with Gasteiger partial charge in [-0.15, -0.1) is 0 Å². The Morgan fingerprint density at radius 3 is 2.60 bits per heavy atom. The number of aryl methyl sites for hydroxylation is 1. The molecule has 0 bridgehead atoms. The summed E-state index contributed by atoms with van der Waals surface area (Å²) in [6, 6.07) is 6.88. The van der Waals surface area contributed by atoms with Gasteiger partial charge < -0.3 is 5.32 Å². The van der Waals surface area contributed by atoms with Gasteiger partial charge in [-0.25, -0.2) is 0 Å². The van der Waals surface area contributed by atoms with Crippen LogP contribution >= 0.6 is 11.6 Å². The number of benzene rings is 1. The van der Waals surface area contributed by atoms with Crippen molar-refractivity contribution < 1.29 is 0 Å². The molecule has 1 aliphatic rings. The highest BCUT2D eigenvalue weighted by Gasteiger charge is 2.12. The summed E-state index contributed by atoms with van der Waals surface area (Å²) in [4.78, 5) is 0. The van der Waals surface area contributed by atoms with Gasteiger partial charge in [0.2, 0.25) is 0 Å². The minimum Gasteiger partial charge on any atom is -0.382 e. The quantitative estimate of drug-likeness (QED) is 0.784. The Morgan fingerprint density at radius 2 is 1.93 bits per heavy atom. The van der Waals surface area contributed by atoms with Crippen molar-refractivity contribution in [3.8, 4) is 0 Å². The molecule has 0 aliphatic heterocycles. The lowest BCUT2D eigenvalue weighted by atomic mass is 9.95. The first-order valence-electron chi connectivity index (χ1n) is 5.78. The van der Waals surface area contributed by atoms with E-state index in [9.17, 15) is 0 Å². The van der Waals surface area contributed by atoms with Crippen LogP contribution in [0.25, 0.3) is 0 Å². The fraction of sp³-hybridized carbons (Fsp3) is 0.538. The Bertz CT molecular complexity index is 329. The van der Waals surface area contributed by atoms with E-state index in [4.69, 9.17) is 11.6 Å². The highest BCUT2D eigenvalue weighted by Crippen LogP contribution is 2.24. The molecule has 1 saturated carbocycles. The minimum atomic E-state index is 0.650. The SMILES string of the molecule is Cc1ccc(NC2CCCCC2)cc1Cl. The van der Waals surface area contributed by atoms with Crippen molar-refractivity contribution in [3.05, 3.63) is 28.8 Å². The van der Waals surface area contributed by atoms with Gasteiger partial charge in [-0.3, -0.25) is 0 Å². The van der Waals surface area contributed by atoms with Crippen LogP contribution in [0.5, 0.6) is 0 Å². The van der Waals surface area contributed by atoms with E-state index >= 15 is 0 Å². The zero-order chi connectivity index (χ0) is 10.7. The van der Waals surface area contributed by atoms with E-state index in [-0.39, 0.29) is 0 Å². The highest BCUT2D eigenvalue weighted by atomic mass is 35.5. The van der Waals surface area contributed by atoms with Crippen LogP contribution < -0.4 is 5.32 Å². The molecule has 2 heteroatoms. The lowest BCUT2D eigenvalue weighted by Crippen LogP contribution is -2.22. The number of hydrogen-bond donors (Lipinski definition) is 1. The molecule has 82 valence electrons. The van der Waals surface area contributed by atoms with E-state index in [1.807, 2.05) is 13.0 Å². The van der Waals surface area contributed by atoms with Crippen molar-refractivity contribution in [1.82, 2.24) is 0 Å². The van der Waals surface area contributed by atoms with E-state index in [1.165, 1.54) is 32.1 Å². The highest BCUT2D eigenvalue weighted by molar-refractivity contribution is 6.31. The molecule has 1 aromatic carbocycles. The van der Waals surface area contributed by atoms with Crippen LogP contribution in [0.4, 0.5) is 5.69 Å². The van der Waals surface area contributed by atoms with Crippen LogP contribution in [0.15, 0.2) is 18.2 Å². The van der Waals surface area contributed by atoms with Crippen molar-refractivity contribution in [2.45, 2.75) is 45.1 Å². The van der Waals surface area contributed by atoms with Crippen molar-refractivity contribution >= 4 is 17.3 Å². The number of nitrogens with one attached hydrogen (secondary N) is 1. The molecule has 0 saturated heterocycles. The van der Waals surface area contributed by atoms with Crippen molar-refractivity contribution in [2.75, 3.05) is 5.32 Å². The third-order valence-corrected chi connectivity index (χ3v) is 3.55. The number of rotatable bonds is 2. The molecule has 1 aliphatic carbocycles. The average molecular weight is 224 g/mol. The summed E-state index contributed by atoms with van der Waals surface area (Å²) in [7, 11) is 0. The Morgan fingerprint density at radius 1 is 1.20 bits per heavy atom. The second kappa shape index (κ2) is 4.89. The van der Waals surface area contributed by atoms with E-state index in [2.05, 4.69) is 17.4 Å². The largest absolute Gasteiger partial charge is 0.382 e. The number of anilines is 1. The summed E-state index contributed by atoms with van der Waals surface area (Å²) in [5.74, 6) is 0. The summed E-state index contributed by atoms with van der Waals surface area (Å²) in [6.07, 6.45) is 6.71. The molecule has 0 aromatic heterocycles. The predicted molar refractivity (Wildman–Crippen MR) is 66.7 cm³/mol. The molecule has 1 aromatic rings. The van der Waals surface area contributed by atoms with Crippen LogP contribution in [0, 0.1) is 6.92 Å². The monoisotopic (exact) mass is 223 g/mol. The first-order valence-corrected chi connectivity index (χ1v) is 6.16. The summed E-state index contributed by atoms with van der Waals surface area (Å²) < 4.78 is 0. The molecule has 1 N–H and O–H groups in total.